The molecule has 0 atom stereocenters. The molecule has 0 radical (unpaired) electrons. The number of carbonyl (C=O) groups excluding carboxylic acids is 1. The van der Waals surface area contributed by atoms with E-state index in [0.717, 1.165) is 6.07 Å². The van der Waals surface area contributed by atoms with Gasteiger partial charge in [-0.05, 0) is 32.9 Å². The van der Waals surface area contributed by atoms with Crippen molar-refractivity contribution in [2.45, 2.75) is 39.0 Å². The summed E-state index contributed by atoms with van der Waals surface area (Å²) in [6.45, 7) is 5.15. The minimum atomic E-state index is -4.51. The Balaban J connectivity index is 2.70. The number of ether oxygens (including phenoxy) is 1. The van der Waals surface area contributed by atoms with E-state index in [4.69, 9.17) is 16.3 Å². The van der Waals surface area contributed by atoms with Crippen LogP contribution in [0.25, 0.3) is 0 Å². The lowest BCUT2D eigenvalue weighted by atomic mass is 10.1. The Morgan fingerprint density at radius 2 is 1.90 bits per heavy atom. The number of nitrogens with one attached hydrogen (secondary N) is 1. The number of esters is 1. The Bertz CT molecular complexity index is 510. The van der Waals surface area contributed by atoms with Crippen LogP contribution in [0.3, 0.4) is 0 Å². The Labute approximate surface area is 126 Å². The molecule has 0 unspecified atom stereocenters. The second kappa shape index (κ2) is 6.56. The fraction of sp³-hybridized carbons (Fsp3) is 0.500. The number of carbonyl (C=O) groups is 1. The number of para-hydroxylation sites is 1. The van der Waals surface area contributed by atoms with E-state index >= 15 is 0 Å². The van der Waals surface area contributed by atoms with Crippen LogP contribution in [0.15, 0.2) is 18.2 Å². The van der Waals surface area contributed by atoms with Crippen LogP contribution in [-0.4, -0.2) is 18.1 Å². The molecule has 0 saturated heterocycles. The van der Waals surface area contributed by atoms with Gasteiger partial charge < -0.3 is 10.1 Å². The number of alkyl halides is 3. The van der Waals surface area contributed by atoms with Gasteiger partial charge in [-0.2, -0.15) is 13.2 Å². The molecule has 118 valence electrons. The number of rotatable bonds is 4. The first-order valence-corrected chi connectivity index (χ1v) is 6.70. The minimum absolute atomic E-state index is 0.00171. The molecule has 0 aliphatic rings. The average molecular weight is 324 g/mol. The number of hydrogen-bond donors (Lipinski definition) is 1. The molecule has 0 aliphatic carbocycles. The molecule has 0 fully saturated rings. The lowest BCUT2D eigenvalue weighted by Crippen LogP contribution is -2.25. The van der Waals surface area contributed by atoms with Crippen molar-refractivity contribution in [2.75, 3.05) is 11.9 Å². The maximum Gasteiger partial charge on any atom is 0.418 e. The molecule has 1 aromatic carbocycles. The molecule has 0 aromatic heterocycles. The Morgan fingerprint density at radius 3 is 2.43 bits per heavy atom. The van der Waals surface area contributed by atoms with Crippen molar-refractivity contribution in [3.05, 3.63) is 28.8 Å². The van der Waals surface area contributed by atoms with E-state index < -0.39 is 23.3 Å². The van der Waals surface area contributed by atoms with Crippen molar-refractivity contribution in [3.8, 4) is 0 Å². The van der Waals surface area contributed by atoms with E-state index in [1.165, 1.54) is 12.1 Å². The van der Waals surface area contributed by atoms with E-state index in [0.29, 0.717) is 0 Å². The highest BCUT2D eigenvalue weighted by molar-refractivity contribution is 6.33. The standard InChI is InChI=1S/C14H17ClF3NO2/c1-13(2,3)21-11(20)7-8-19-12-9(14(16,17)18)5-4-6-10(12)15/h4-6,19H,7-8H2,1-3H3. The number of anilines is 1. The molecule has 1 aromatic rings. The van der Waals surface area contributed by atoms with Crippen molar-refractivity contribution in [1.82, 2.24) is 0 Å². The molecule has 21 heavy (non-hydrogen) atoms. The monoisotopic (exact) mass is 323 g/mol. The van der Waals surface area contributed by atoms with Gasteiger partial charge in [-0.3, -0.25) is 4.79 Å². The van der Waals surface area contributed by atoms with Gasteiger partial charge in [0.25, 0.3) is 0 Å². The van der Waals surface area contributed by atoms with E-state index in [9.17, 15) is 18.0 Å². The summed E-state index contributed by atoms with van der Waals surface area (Å²) in [6, 6.07) is 3.51. The molecule has 0 amide bonds. The van der Waals surface area contributed by atoms with Crippen LogP contribution in [0.2, 0.25) is 5.02 Å². The van der Waals surface area contributed by atoms with E-state index in [2.05, 4.69) is 5.32 Å². The van der Waals surface area contributed by atoms with Gasteiger partial charge in [0, 0.05) is 6.54 Å². The summed E-state index contributed by atoms with van der Waals surface area (Å²) >= 11 is 5.78. The zero-order valence-electron chi connectivity index (χ0n) is 12.0. The summed E-state index contributed by atoms with van der Waals surface area (Å²) < 4.78 is 43.6. The molecular weight excluding hydrogens is 307 g/mol. The average Bonchev–Trinajstić information content (AvgIpc) is 2.27. The zero-order chi connectivity index (χ0) is 16.3. The predicted molar refractivity (Wildman–Crippen MR) is 75.4 cm³/mol. The van der Waals surface area contributed by atoms with Crippen LogP contribution in [0, 0.1) is 0 Å². The van der Waals surface area contributed by atoms with Gasteiger partial charge in [0.15, 0.2) is 0 Å². The lowest BCUT2D eigenvalue weighted by molar-refractivity contribution is -0.154. The van der Waals surface area contributed by atoms with Crippen LogP contribution in [0.4, 0.5) is 18.9 Å². The summed E-state index contributed by atoms with van der Waals surface area (Å²) in [5.74, 6) is -0.490. The molecule has 3 nitrogen and oxygen atoms in total. The van der Waals surface area contributed by atoms with Crippen LogP contribution < -0.4 is 5.32 Å². The first-order chi connectivity index (χ1) is 9.50. The summed E-state index contributed by atoms with van der Waals surface area (Å²) in [5.41, 5.74) is -1.71. The normalized spacial score (nSPS) is 12.1. The Morgan fingerprint density at radius 1 is 1.29 bits per heavy atom. The number of halogens is 4. The highest BCUT2D eigenvalue weighted by Crippen LogP contribution is 2.38. The van der Waals surface area contributed by atoms with Gasteiger partial charge in [0.05, 0.1) is 22.7 Å². The van der Waals surface area contributed by atoms with Crippen LogP contribution in [-0.2, 0) is 15.7 Å². The molecule has 0 bridgehead atoms. The van der Waals surface area contributed by atoms with Crippen LogP contribution in [0.5, 0.6) is 0 Å². The molecule has 1 rings (SSSR count). The van der Waals surface area contributed by atoms with E-state index in [-0.39, 0.29) is 23.7 Å². The van der Waals surface area contributed by atoms with Crippen molar-refractivity contribution in [3.63, 3.8) is 0 Å². The highest BCUT2D eigenvalue weighted by Gasteiger charge is 2.34. The molecule has 7 heteroatoms. The second-order valence-corrected chi connectivity index (χ2v) is 5.83. The van der Waals surface area contributed by atoms with Crippen molar-refractivity contribution < 1.29 is 22.7 Å². The third-order valence-electron chi connectivity index (χ3n) is 2.37. The fourth-order valence-electron chi connectivity index (χ4n) is 1.62. The molecule has 0 aliphatic heterocycles. The molecule has 1 N–H and O–H groups in total. The van der Waals surface area contributed by atoms with Gasteiger partial charge in [-0.15, -0.1) is 0 Å². The fourth-order valence-corrected chi connectivity index (χ4v) is 1.86. The molecule has 0 spiro atoms. The minimum Gasteiger partial charge on any atom is -0.460 e. The third-order valence-corrected chi connectivity index (χ3v) is 2.68. The topological polar surface area (TPSA) is 38.3 Å². The van der Waals surface area contributed by atoms with Crippen molar-refractivity contribution >= 4 is 23.3 Å². The largest absolute Gasteiger partial charge is 0.460 e. The summed E-state index contributed by atoms with van der Waals surface area (Å²) in [7, 11) is 0. The maximum absolute atomic E-state index is 12.8. The summed E-state index contributed by atoms with van der Waals surface area (Å²) in [6.07, 6.45) is -4.57. The van der Waals surface area contributed by atoms with E-state index in [1.807, 2.05) is 0 Å². The van der Waals surface area contributed by atoms with Gasteiger partial charge in [0.1, 0.15) is 5.60 Å². The number of hydrogen-bond acceptors (Lipinski definition) is 3. The Kier molecular flexibility index (Phi) is 5.50. The smallest absolute Gasteiger partial charge is 0.418 e. The lowest BCUT2D eigenvalue weighted by Gasteiger charge is -2.20. The summed E-state index contributed by atoms with van der Waals surface area (Å²) in [4.78, 5) is 11.5. The predicted octanol–water partition coefficient (Wildman–Crippen LogP) is 4.50. The molecule has 0 heterocycles. The zero-order valence-corrected chi connectivity index (χ0v) is 12.7. The quantitative estimate of drug-likeness (QED) is 0.829. The third kappa shape index (κ3) is 5.83. The highest BCUT2D eigenvalue weighted by atomic mass is 35.5. The maximum atomic E-state index is 12.8. The second-order valence-electron chi connectivity index (χ2n) is 5.42. The number of benzene rings is 1. The Hall–Kier alpha value is -1.43. The van der Waals surface area contributed by atoms with Crippen molar-refractivity contribution in [1.29, 1.82) is 0 Å². The first-order valence-electron chi connectivity index (χ1n) is 6.32. The van der Waals surface area contributed by atoms with Gasteiger partial charge >= 0.3 is 12.1 Å². The first kappa shape index (κ1) is 17.6. The molecule has 0 saturated carbocycles. The summed E-state index contributed by atoms with van der Waals surface area (Å²) in [5, 5.41) is 2.50. The van der Waals surface area contributed by atoms with E-state index in [1.54, 1.807) is 20.8 Å². The van der Waals surface area contributed by atoms with Crippen LogP contribution in [0.1, 0.15) is 32.8 Å². The molecular formula is C14H17ClF3NO2. The SMILES string of the molecule is CC(C)(C)OC(=O)CCNc1c(Cl)cccc1C(F)(F)F. The van der Waals surface area contributed by atoms with Gasteiger partial charge in [0.2, 0.25) is 0 Å². The van der Waals surface area contributed by atoms with Crippen LogP contribution >= 0.6 is 11.6 Å². The van der Waals surface area contributed by atoms with Gasteiger partial charge in [-0.25, -0.2) is 0 Å². The van der Waals surface area contributed by atoms with Crippen molar-refractivity contribution in [2.24, 2.45) is 0 Å². The van der Waals surface area contributed by atoms with Gasteiger partial charge in [-0.1, -0.05) is 17.7 Å².